The first-order valence-electron chi connectivity index (χ1n) is 7.17. The molecule has 0 bridgehead atoms. The van der Waals surface area contributed by atoms with Crippen LogP contribution in [-0.4, -0.2) is 22.5 Å². The van der Waals surface area contributed by atoms with E-state index in [1.165, 1.54) is 12.1 Å². The van der Waals surface area contributed by atoms with Crippen molar-refractivity contribution in [3.8, 4) is 11.5 Å². The van der Waals surface area contributed by atoms with Gasteiger partial charge in [0.25, 0.3) is 0 Å². The number of alkyl halides is 3. The Kier molecular flexibility index (Phi) is 5.05. The zero-order chi connectivity index (χ0) is 18.8. The quantitative estimate of drug-likeness (QED) is 0.768. The van der Waals surface area contributed by atoms with Gasteiger partial charge in [0.05, 0.1) is 5.69 Å². The molecule has 2 amide bonds. The molecule has 3 N–H and O–H groups in total. The summed E-state index contributed by atoms with van der Waals surface area (Å²) >= 11 is 0. The zero-order valence-corrected chi connectivity index (χ0v) is 13.7. The third-order valence-electron chi connectivity index (χ3n) is 3.47. The number of carbonyl (C=O) groups excluding carboxylic acids is 1. The number of hydrogen-bond acceptors (Lipinski definition) is 4. The molecule has 2 aromatic rings. The van der Waals surface area contributed by atoms with Crippen LogP contribution in [0.25, 0.3) is 0 Å². The van der Waals surface area contributed by atoms with E-state index in [0.717, 1.165) is 12.1 Å². The van der Waals surface area contributed by atoms with Crippen molar-refractivity contribution in [1.29, 1.82) is 0 Å². The van der Waals surface area contributed by atoms with Gasteiger partial charge in [-0.2, -0.15) is 0 Å². The maximum Gasteiger partial charge on any atom is 0.573 e. The molecule has 0 atom stereocenters. The van der Waals surface area contributed by atoms with Crippen molar-refractivity contribution < 1.29 is 27.8 Å². The number of ether oxygens (including phenoxy) is 1. The summed E-state index contributed by atoms with van der Waals surface area (Å²) in [5.41, 5.74) is 1.84. The van der Waals surface area contributed by atoms with Crippen LogP contribution in [0, 0.1) is 20.8 Å². The van der Waals surface area contributed by atoms with Gasteiger partial charge in [-0.25, -0.2) is 9.78 Å². The van der Waals surface area contributed by atoms with E-state index in [2.05, 4.69) is 20.4 Å². The molecule has 1 aromatic carbocycles. The SMILES string of the molecule is Cc1nc(NC(=O)Nc2ccc(OC(F)(F)F)cc2)c(C)c(C)c1O. The van der Waals surface area contributed by atoms with Gasteiger partial charge in [-0.1, -0.05) is 0 Å². The van der Waals surface area contributed by atoms with Crippen LogP contribution in [0.2, 0.25) is 0 Å². The van der Waals surface area contributed by atoms with Crippen LogP contribution >= 0.6 is 0 Å². The van der Waals surface area contributed by atoms with Gasteiger partial charge in [0.1, 0.15) is 17.3 Å². The van der Waals surface area contributed by atoms with Crippen molar-refractivity contribution in [2.75, 3.05) is 10.6 Å². The van der Waals surface area contributed by atoms with Gasteiger partial charge in [0, 0.05) is 5.69 Å². The number of benzene rings is 1. The van der Waals surface area contributed by atoms with E-state index >= 15 is 0 Å². The molecule has 1 heterocycles. The summed E-state index contributed by atoms with van der Waals surface area (Å²) < 4.78 is 40.0. The average Bonchev–Trinajstić information content (AvgIpc) is 2.51. The lowest BCUT2D eigenvalue weighted by molar-refractivity contribution is -0.274. The number of pyridine rings is 1. The van der Waals surface area contributed by atoms with Crippen LogP contribution in [0.1, 0.15) is 16.8 Å². The lowest BCUT2D eigenvalue weighted by atomic mass is 10.1. The van der Waals surface area contributed by atoms with Crippen molar-refractivity contribution in [1.82, 2.24) is 4.98 Å². The second kappa shape index (κ2) is 6.88. The molecule has 1 aromatic heterocycles. The third-order valence-corrected chi connectivity index (χ3v) is 3.47. The number of hydrogen-bond donors (Lipinski definition) is 3. The highest BCUT2D eigenvalue weighted by Gasteiger charge is 2.30. The normalized spacial score (nSPS) is 11.1. The standard InChI is InChI=1S/C16H16F3N3O3/c1-8-9(2)14(20-10(3)13(8)23)22-15(24)21-11-4-6-12(7-5-11)25-16(17,18)19/h4-7,23H,1-3H3,(H2,20,21,22,24). The van der Waals surface area contributed by atoms with Crippen LogP contribution in [-0.2, 0) is 0 Å². The second-order valence-corrected chi connectivity index (χ2v) is 5.30. The monoisotopic (exact) mass is 355 g/mol. The highest BCUT2D eigenvalue weighted by Crippen LogP contribution is 2.28. The molecule has 0 fully saturated rings. The number of aromatic nitrogens is 1. The molecule has 134 valence electrons. The maximum absolute atomic E-state index is 12.1. The molecule has 25 heavy (non-hydrogen) atoms. The number of aryl methyl sites for hydroxylation is 1. The molecule has 0 radical (unpaired) electrons. The highest BCUT2D eigenvalue weighted by atomic mass is 19.4. The summed E-state index contributed by atoms with van der Waals surface area (Å²) in [6.45, 7) is 4.99. The second-order valence-electron chi connectivity index (χ2n) is 5.30. The van der Waals surface area contributed by atoms with E-state index in [4.69, 9.17) is 0 Å². The van der Waals surface area contributed by atoms with Crippen LogP contribution in [0.15, 0.2) is 24.3 Å². The summed E-state index contributed by atoms with van der Waals surface area (Å²) in [6.07, 6.45) is -4.77. The molecule has 0 aliphatic heterocycles. The van der Waals surface area contributed by atoms with Gasteiger partial charge in [-0.3, -0.25) is 5.32 Å². The Hall–Kier alpha value is -2.97. The molecular formula is C16H16F3N3O3. The molecule has 0 spiro atoms. The fourth-order valence-corrected chi connectivity index (χ4v) is 2.06. The van der Waals surface area contributed by atoms with E-state index in [0.29, 0.717) is 16.8 Å². The van der Waals surface area contributed by atoms with Crippen molar-refractivity contribution in [2.45, 2.75) is 27.1 Å². The van der Waals surface area contributed by atoms with Gasteiger partial charge in [-0.05, 0) is 56.2 Å². The first-order valence-corrected chi connectivity index (χ1v) is 7.17. The summed E-state index contributed by atoms with van der Waals surface area (Å²) in [5, 5.41) is 14.8. The van der Waals surface area contributed by atoms with E-state index in [-0.39, 0.29) is 23.0 Å². The summed E-state index contributed by atoms with van der Waals surface area (Å²) in [4.78, 5) is 16.1. The number of amides is 2. The lowest BCUT2D eigenvalue weighted by Crippen LogP contribution is -2.21. The first kappa shape index (κ1) is 18.4. The number of halogens is 3. The predicted molar refractivity (Wildman–Crippen MR) is 85.9 cm³/mol. The number of nitrogens with one attached hydrogen (secondary N) is 2. The third kappa shape index (κ3) is 4.75. The Morgan fingerprint density at radius 2 is 1.68 bits per heavy atom. The molecule has 2 rings (SSSR count). The maximum atomic E-state index is 12.1. The van der Waals surface area contributed by atoms with Gasteiger partial charge >= 0.3 is 12.4 Å². The summed E-state index contributed by atoms with van der Waals surface area (Å²) in [6, 6.07) is 4.09. The predicted octanol–water partition coefficient (Wildman–Crippen LogP) is 4.26. The van der Waals surface area contributed by atoms with Gasteiger partial charge in [-0.15, -0.1) is 13.2 Å². The lowest BCUT2D eigenvalue weighted by Gasteiger charge is -2.14. The van der Waals surface area contributed by atoms with E-state index < -0.39 is 12.4 Å². The average molecular weight is 355 g/mol. The minimum atomic E-state index is -4.77. The fraction of sp³-hybridized carbons (Fsp3) is 0.250. The Labute approximate surface area is 141 Å². The zero-order valence-electron chi connectivity index (χ0n) is 13.7. The summed E-state index contributed by atoms with van der Waals surface area (Å²) in [7, 11) is 0. The first-order chi connectivity index (χ1) is 11.6. The number of anilines is 2. The smallest absolute Gasteiger partial charge is 0.506 e. The number of urea groups is 1. The van der Waals surface area contributed by atoms with Crippen molar-refractivity contribution in [3.05, 3.63) is 41.1 Å². The Morgan fingerprint density at radius 3 is 2.24 bits per heavy atom. The molecule has 0 aliphatic rings. The van der Waals surface area contributed by atoms with E-state index in [9.17, 15) is 23.1 Å². The van der Waals surface area contributed by atoms with Crippen LogP contribution < -0.4 is 15.4 Å². The van der Waals surface area contributed by atoms with Crippen LogP contribution in [0.4, 0.5) is 29.5 Å². The van der Waals surface area contributed by atoms with Crippen LogP contribution in [0.3, 0.4) is 0 Å². The van der Waals surface area contributed by atoms with Gasteiger partial charge in [0.15, 0.2) is 0 Å². The minimum absolute atomic E-state index is 0.0590. The Balaban J connectivity index is 2.06. The van der Waals surface area contributed by atoms with E-state index in [1.807, 2.05) is 0 Å². The summed E-state index contributed by atoms with van der Waals surface area (Å²) in [5.74, 6) is -0.0493. The molecule has 0 aliphatic carbocycles. The van der Waals surface area contributed by atoms with Crippen molar-refractivity contribution in [3.63, 3.8) is 0 Å². The minimum Gasteiger partial charge on any atom is -0.506 e. The number of aromatic hydroxyl groups is 1. The van der Waals surface area contributed by atoms with Crippen molar-refractivity contribution >= 4 is 17.5 Å². The van der Waals surface area contributed by atoms with Crippen molar-refractivity contribution in [2.24, 2.45) is 0 Å². The number of carbonyl (C=O) groups is 1. The molecule has 6 nitrogen and oxygen atoms in total. The largest absolute Gasteiger partial charge is 0.573 e. The molecule has 9 heteroatoms. The van der Waals surface area contributed by atoms with Gasteiger partial charge < -0.3 is 15.2 Å². The topological polar surface area (TPSA) is 83.5 Å². The number of rotatable bonds is 3. The molecule has 0 saturated carbocycles. The molecular weight excluding hydrogens is 339 g/mol. The molecule has 0 saturated heterocycles. The highest BCUT2D eigenvalue weighted by molar-refractivity contribution is 5.99. The fourth-order valence-electron chi connectivity index (χ4n) is 2.06. The van der Waals surface area contributed by atoms with Gasteiger partial charge in [0.2, 0.25) is 0 Å². The number of nitrogens with zero attached hydrogens (tertiary/aromatic N) is 1. The Morgan fingerprint density at radius 1 is 1.08 bits per heavy atom. The Bertz CT molecular complexity index is 790. The molecule has 0 unspecified atom stereocenters. The van der Waals surface area contributed by atoms with Crippen LogP contribution in [0.5, 0.6) is 11.5 Å². The van der Waals surface area contributed by atoms with E-state index in [1.54, 1.807) is 20.8 Å².